The molecule has 4 aromatic carbocycles. The number of benzene rings is 4. The van der Waals surface area contributed by atoms with E-state index in [-0.39, 0.29) is 104 Å². The molecule has 0 unspecified atom stereocenters. The molecule has 12 aromatic heterocycles. The first-order chi connectivity index (χ1) is 67.6. The molecule has 0 spiro atoms. The average molecular weight is 1990 g/mol. The number of aliphatic carboxylic acids is 1. The number of carboxylic acid groups (broad SMARTS) is 3. The number of pyridine rings is 8. The summed E-state index contributed by atoms with van der Waals surface area (Å²) in [5.74, 6) is -2.21. The predicted octanol–water partition coefficient (Wildman–Crippen LogP) is 15.2. The number of Topliss-reactive ketones (excluding diaryl/α,β-unsaturated/α-hetero) is 2. The Kier molecular flexibility index (Phi) is 29.2. The summed E-state index contributed by atoms with van der Waals surface area (Å²) < 4.78 is 18.8. The van der Waals surface area contributed by atoms with Crippen molar-refractivity contribution in [2.45, 2.75) is 148 Å². The number of esters is 2. The van der Waals surface area contributed by atoms with E-state index >= 15 is 0 Å². The second-order valence-electron chi connectivity index (χ2n) is 39.7. The van der Waals surface area contributed by atoms with Crippen LogP contribution in [0.25, 0.3) is 77.4 Å². The van der Waals surface area contributed by atoms with E-state index in [9.17, 15) is 48.9 Å². The number of ketones is 2. The molecule has 16 aromatic rings. The first kappa shape index (κ1) is 103. The van der Waals surface area contributed by atoms with Gasteiger partial charge in [0, 0.05) is 147 Å². The SMILES string of the molecule is C.COC(=O)C12CC(C3(CC(=O)c4cccc5ccn(Cc6ccc(-c7ccccn7)cn6)c45)CC3)(C1)C2.COC(=O)C12CC(C3(N)CC3)(C1)C2.O.O=C(CC1(C23CC(C(=O)O)(C2)C3)CC1)c1cccc2ccn(Cc3ccc(-c4ccccn4)cn3)c12.O=C(O)c1cccc2ccn(Cc3ccc(-c4ccccn4)cn3)c12.O=C(O)c1cccc2ccn(Cc3ccc(Br)cn3)c12.OB(O)c1ccccn1.[Li+].[OH-]. The molecule has 12 heterocycles. The molecule has 730 valence electrons. The second kappa shape index (κ2) is 40.9. The van der Waals surface area contributed by atoms with Gasteiger partial charge in [-0.05, 0) is 285 Å². The third-order valence-electron chi connectivity index (χ3n) is 31.2. The number of aromatic nitrogens is 12. The van der Waals surface area contributed by atoms with Crippen LogP contribution in [0.5, 0.6) is 0 Å². The normalized spacial score (nSPS) is 21.0. The van der Waals surface area contributed by atoms with Crippen molar-refractivity contribution in [3.63, 3.8) is 0 Å². The fraction of sp³-hybridized carbons (Fsp3) is 0.295. The zero-order valence-corrected chi connectivity index (χ0v) is 80.9. The Morgan fingerprint density at radius 3 is 0.951 bits per heavy atom. The second-order valence-corrected chi connectivity index (χ2v) is 40.6. The van der Waals surface area contributed by atoms with Crippen molar-refractivity contribution in [2.24, 2.45) is 49.1 Å². The summed E-state index contributed by atoms with van der Waals surface area (Å²) in [7, 11) is 1.50. The maximum absolute atomic E-state index is 13.8. The van der Waals surface area contributed by atoms with Gasteiger partial charge in [0.05, 0.1) is 135 Å². The zero-order valence-electron chi connectivity index (χ0n) is 79.3. The third kappa shape index (κ3) is 19.4. The average Bonchev–Trinajstić information content (AvgIpc) is 1.46. The minimum absolute atomic E-state index is 0. The molecule has 0 amide bonds. The number of methoxy groups -OCH3 is 2. The van der Waals surface area contributed by atoms with Crippen molar-refractivity contribution in [3.05, 3.63) is 342 Å². The number of carboxylic acids is 3. The molecule has 144 heavy (non-hydrogen) atoms. The molecule has 12 aliphatic carbocycles. The third-order valence-corrected chi connectivity index (χ3v) is 31.7. The molecule has 0 saturated heterocycles. The van der Waals surface area contributed by atoms with Crippen LogP contribution in [-0.2, 0) is 50.0 Å². The Morgan fingerprint density at radius 2 is 0.688 bits per heavy atom. The number of fused-ring (bicyclic) bond motifs is 4. The Bertz CT molecular complexity index is 7390. The number of rotatable bonds is 26. The first-order valence-corrected chi connectivity index (χ1v) is 47.9. The molecule has 0 aliphatic heterocycles. The quantitative estimate of drug-likeness (QED) is 0.0167. The minimum atomic E-state index is -1.45. The number of ether oxygens (including phenoxy) is 2. The van der Waals surface area contributed by atoms with E-state index in [1.807, 2.05) is 204 Å². The van der Waals surface area contributed by atoms with Gasteiger partial charge in [-0.2, -0.15) is 0 Å². The summed E-state index contributed by atoms with van der Waals surface area (Å²) in [6.07, 6.45) is 37.4. The van der Waals surface area contributed by atoms with E-state index in [2.05, 4.69) is 83.1 Å². The smallest absolute Gasteiger partial charge is 0.870 e. The summed E-state index contributed by atoms with van der Waals surface area (Å²) in [6.45, 7) is 2.22. The van der Waals surface area contributed by atoms with Gasteiger partial charge in [0.2, 0.25) is 0 Å². The number of halogens is 1. The molecule has 32 heteroatoms. The molecular formula is C112H110BBrLiN13O16. The summed E-state index contributed by atoms with van der Waals surface area (Å²) in [4.78, 5) is 120. The Balaban J connectivity index is 0.000000130. The largest absolute Gasteiger partial charge is 1.00 e. The fourth-order valence-electron chi connectivity index (χ4n) is 23.4. The van der Waals surface area contributed by atoms with Gasteiger partial charge >= 0.3 is 55.8 Å². The van der Waals surface area contributed by atoms with Gasteiger partial charge < -0.3 is 69.8 Å². The maximum Gasteiger partial charge on any atom is 1.00 e. The fourth-order valence-corrected chi connectivity index (χ4v) is 23.6. The van der Waals surface area contributed by atoms with Crippen LogP contribution >= 0.6 is 15.9 Å². The van der Waals surface area contributed by atoms with Crippen molar-refractivity contribution in [2.75, 3.05) is 14.2 Å². The van der Waals surface area contributed by atoms with Gasteiger partial charge in [0.1, 0.15) is 0 Å². The number of aromatic carboxylic acids is 2. The number of hydrogen-bond donors (Lipinski definition) is 6. The van der Waals surface area contributed by atoms with Crippen LogP contribution in [0.3, 0.4) is 0 Å². The Morgan fingerprint density at radius 1 is 0.375 bits per heavy atom. The standard InChI is InChI=1S/C31H29N3O3.C30H27N3O3.C20H15N3O2.C15H11BrN2O2.C10H15NO2.C5H6BNO2.CH4.Li.2H2O/c1-37-28(36)29-18-31(19-29,20-29)30(11-12-30)15-26(35)24-6-4-5-21-10-14-34(27(21)24)17-23-9-8-22(16-33-23)25-7-2-3-13-32-25;34-25(14-29(10-11-29)30-17-28(18-30,19-30)27(35)36)23-5-3-4-20-9-13-33(26(20)23)16-22-8-7-21(15-32-22)24-6-1-2-12-31-24;24-20(25)17-5-3-4-14-9-11-23(19(14)17)13-16-8-7-15(12-22-16)18-6-1-2-10-21-18;16-11-4-5-12(17-8-11)9-18-7-6-10-2-1-3-13(14(10)18)15(19)20;1-13-7(12)8-4-9(5-8,6-8)10(11)2-3-10;8-6(9)5-3-1-2-4-7-5;;;;/h2-10,13-14,16H,11-12,15,17-20H2,1H3;1-9,12-13,15H,10-11,14,16-19H2,(H,35,36);1-12H,13H2,(H,24,25);1-8H,9H2,(H,19,20);2-6,11H2,1H3;1-4,8-9H;1H4;;2*1H2/q;;;;;;;+1;;/p-1. The van der Waals surface area contributed by atoms with Gasteiger partial charge in [-0.15, -0.1) is 0 Å². The van der Waals surface area contributed by atoms with Crippen LogP contribution in [0.2, 0.25) is 0 Å². The number of carbonyl (C=O) groups excluding carboxylic acids is 4. The van der Waals surface area contributed by atoms with Crippen LogP contribution in [0.1, 0.15) is 181 Å². The predicted molar refractivity (Wildman–Crippen MR) is 544 cm³/mol. The molecule has 12 saturated carbocycles. The Hall–Kier alpha value is -14.1. The van der Waals surface area contributed by atoms with Crippen LogP contribution in [0, 0.1) is 43.3 Å². The number of nitrogens with two attached hydrogens (primary N) is 1. The zero-order chi connectivity index (χ0) is 97.1. The van der Waals surface area contributed by atoms with Crippen molar-refractivity contribution in [1.29, 1.82) is 0 Å². The van der Waals surface area contributed by atoms with E-state index in [1.165, 1.54) is 20.4 Å². The van der Waals surface area contributed by atoms with Gasteiger partial charge in [-0.3, -0.25) is 63.8 Å². The van der Waals surface area contributed by atoms with Crippen molar-refractivity contribution in [3.8, 4) is 33.8 Å². The van der Waals surface area contributed by atoms with Crippen LogP contribution in [0.4, 0.5) is 0 Å². The molecule has 0 atom stereocenters. The van der Waals surface area contributed by atoms with Crippen molar-refractivity contribution in [1.82, 2.24) is 58.1 Å². The summed E-state index contributed by atoms with van der Waals surface area (Å²) >= 11 is 3.35. The van der Waals surface area contributed by atoms with Gasteiger partial charge in [-0.25, -0.2) is 9.59 Å². The van der Waals surface area contributed by atoms with Crippen LogP contribution in [-0.4, -0.2) is 163 Å². The molecule has 29 nitrogen and oxygen atoms in total. The monoisotopic (exact) mass is 1990 g/mol. The van der Waals surface area contributed by atoms with Crippen molar-refractivity contribution >= 4 is 114 Å². The Labute approximate surface area is 851 Å². The van der Waals surface area contributed by atoms with Gasteiger partial charge in [0.25, 0.3) is 0 Å². The van der Waals surface area contributed by atoms with Crippen LogP contribution < -0.4 is 30.2 Å². The topological polar surface area (TPSA) is 449 Å². The summed E-state index contributed by atoms with van der Waals surface area (Å²) in [5, 5.41) is 49.2. The molecule has 0 radical (unpaired) electrons. The number of nitrogens with zero attached hydrogens (tertiary/aromatic N) is 12. The van der Waals surface area contributed by atoms with Gasteiger partial charge in [-0.1, -0.05) is 80.2 Å². The first-order valence-electron chi connectivity index (χ1n) is 47.1. The van der Waals surface area contributed by atoms with E-state index < -0.39 is 30.4 Å². The molecule has 12 fully saturated rings. The van der Waals surface area contributed by atoms with E-state index in [1.54, 1.807) is 73.4 Å². The van der Waals surface area contributed by atoms with Crippen molar-refractivity contribution < 1.29 is 98.2 Å². The number of hydrogen-bond acceptors (Lipinski definition) is 21. The summed E-state index contributed by atoms with van der Waals surface area (Å²) in [6, 6.07) is 68.8. The molecule has 6 bridgehead atoms. The van der Waals surface area contributed by atoms with Crippen LogP contribution in [0.15, 0.2) is 297 Å². The summed E-state index contributed by atoms with van der Waals surface area (Å²) in [5.41, 5.74) is 21.0. The van der Waals surface area contributed by atoms with Gasteiger partial charge in [0.15, 0.2) is 11.6 Å². The van der Waals surface area contributed by atoms with E-state index in [0.29, 0.717) is 61.1 Å². The van der Waals surface area contributed by atoms with E-state index in [0.717, 1.165) is 207 Å². The molecule has 28 rings (SSSR count). The molecular weight excluding hydrogens is 1880 g/mol. The number of para-hydroxylation sites is 4. The maximum atomic E-state index is 13.8. The molecule has 12 aliphatic rings. The minimum Gasteiger partial charge on any atom is -0.870 e. The van der Waals surface area contributed by atoms with E-state index in [4.69, 9.17) is 25.3 Å². The molecule has 10 N–H and O–H groups in total. The number of carbonyl (C=O) groups is 7.